The van der Waals surface area contributed by atoms with Crippen LogP contribution in [-0.2, 0) is 11.2 Å². The molecule has 2 rings (SSSR count). The maximum atomic E-state index is 12.2. The predicted molar refractivity (Wildman–Crippen MR) is 84.5 cm³/mol. The summed E-state index contributed by atoms with van der Waals surface area (Å²) in [7, 11) is 1.95. The SMILES string of the molecule is CN(CCc1ccccc1Cl)CC(=O)N1CCC(O)CC1. The van der Waals surface area contributed by atoms with Gasteiger partial charge in [-0.1, -0.05) is 29.8 Å². The number of piperidine rings is 1. The van der Waals surface area contributed by atoms with Gasteiger partial charge in [0.1, 0.15) is 0 Å². The number of benzene rings is 1. The summed E-state index contributed by atoms with van der Waals surface area (Å²) >= 11 is 6.13. The number of aliphatic hydroxyl groups is 1. The van der Waals surface area contributed by atoms with Gasteiger partial charge >= 0.3 is 0 Å². The Kier molecular flexibility index (Phi) is 6.03. The highest BCUT2D eigenvalue weighted by molar-refractivity contribution is 6.31. The van der Waals surface area contributed by atoms with Crippen LogP contribution >= 0.6 is 11.6 Å². The number of hydrogen-bond acceptors (Lipinski definition) is 3. The zero-order chi connectivity index (χ0) is 15.2. The minimum atomic E-state index is -0.244. The van der Waals surface area contributed by atoms with Gasteiger partial charge in [0.2, 0.25) is 5.91 Å². The number of likely N-dealkylation sites (tertiary alicyclic amines) is 1. The van der Waals surface area contributed by atoms with Crippen LogP contribution in [0.15, 0.2) is 24.3 Å². The third kappa shape index (κ3) is 4.99. The molecular weight excluding hydrogens is 288 g/mol. The van der Waals surface area contributed by atoms with Crippen molar-refractivity contribution < 1.29 is 9.90 Å². The maximum absolute atomic E-state index is 12.2. The molecular formula is C16H23ClN2O2. The summed E-state index contributed by atoms with van der Waals surface area (Å²) in [5.74, 6) is 0.142. The molecule has 1 aromatic rings. The van der Waals surface area contributed by atoms with Crippen molar-refractivity contribution in [2.75, 3.05) is 33.2 Å². The van der Waals surface area contributed by atoms with Gasteiger partial charge in [0.05, 0.1) is 12.6 Å². The van der Waals surface area contributed by atoms with Crippen molar-refractivity contribution in [3.05, 3.63) is 34.9 Å². The zero-order valence-electron chi connectivity index (χ0n) is 12.5. The number of amides is 1. The molecule has 0 radical (unpaired) electrons. The van der Waals surface area contributed by atoms with Crippen molar-refractivity contribution in [2.24, 2.45) is 0 Å². The lowest BCUT2D eigenvalue weighted by Crippen LogP contribution is -2.44. The van der Waals surface area contributed by atoms with Crippen molar-refractivity contribution in [3.63, 3.8) is 0 Å². The van der Waals surface area contributed by atoms with Gasteiger partial charge in [0.15, 0.2) is 0 Å². The molecule has 0 spiro atoms. The van der Waals surface area contributed by atoms with Crippen LogP contribution in [0.5, 0.6) is 0 Å². The number of carbonyl (C=O) groups excluding carboxylic acids is 1. The highest BCUT2D eigenvalue weighted by Crippen LogP contribution is 2.15. The number of nitrogens with zero attached hydrogens (tertiary/aromatic N) is 2. The first-order chi connectivity index (χ1) is 10.1. The molecule has 5 heteroatoms. The van der Waals surface area contributed by atoms with E-state index >= 15 is 0 Å². The fraction of sp³-hybridized carbons (Fsp3) is 0.562. The molecule has 116 valence electrons. The Morgan fingerprint density at radius 3 is 2.71 bits per heavy atom. The summed E-state index contributed by atoms with van der Waals surface area (Å²) in [6.07, 6.45) is 1.97. The first-order valence-corrected chi connectivity index (χ1v) is 7.82. The third-order valence-electron chi connectivity index (χ3n) is 3.94. The quantitative estimate of drug-likeness (QED) is 0.902. The lowest BCUT2D eigenvalue weighted by atomic mass is 10.1. The molecule has 1 heterocycles. The molecule has 21 heavy (non-hydrogen) atoms. The number of carbonyl (C=O) groups is 1. The van der Waals surface area contributed by atoms with Gasteiger partial charge in [-0.2, -0.15) is 0 Å². The van der Waals surface area contributed by atoms with Crippen LogP contribution in [0.1, 0.15) is 18.4 Å². The molecule has 0 aromatic heterocycles. The lowest BCUT2D eigenvalue weighted by molar-refractivity contribution is -0.134. The van der Waals surface area contributed by atoms with E-state index in [4.69, 9.17) is 11.6 Å². The van der Waals surface area contributed by atoms with E-state index in [1.807, 2.05) is 41.1 Å². The molecule has 1 aliphatic rings. The summed E-state index contributed by atoms with van der Waals surface area (Å²) in [5.41, 5.74) is 1.11. The fourth-order valence-electron chi connectivity index (χ4n) is 2.54. The second-order valence-corrected chi connectivity index (χ2v) is 6.10. The van der Waals surface area contributed by atoms with E-state index in [1.54, 1.807) is 0 Å². The van der Waals surface area contributed by atoms with Crippen molar-refractivity contribution in [1.82, 2.24) is 9.80 Å². The Labute approximate surface area is 131 Å². The maximum Gasteiger partial charge on any atom is 0.236 e. The first kappa shape index (κ1) is 16.3. The standard InChI is InChI=1S/C16H23ClN2O2/c1-18(9-6-13-4-2-3-5-15(13)17)12-16(21)19-10-7-14(20)8-11-19/h2-5,14,20H,6-12H2,1H3. The highest BCUT2D eigenvalue weighted by atomic mass is 35.5. The average Bonchev–Trinajstić information content (AvgIpc) is 2.47. The number of rotatable bonds is 5. The summed E-state index contributed by atoms with van der Waals surface area (Å²) in [5, 5.41) is 10.2. The Morgan fingerprint density at radius 1 is 1.38 bits per heavy atom. The molecule has 1 N–H and O–H groups in total. The van der Waals surface area contributed by atoms with Crippen LogP contribution in [0, 0.1) is 0 Å². The predicted octanol–water partition coefficient (Wildman–Crippen LogP) is 1.80. The van der Waals surface area contributed by atoms with Gasteiger partial charge in [-0.25, -0.2) is 0 Å². The topological polar surface area (TPSA) is 43.8 Å². The molecule has 0 atom stereocenters. The van der Waals surface area contributed by atoms with Gasteiger partial charge in [0.25, 0.3) is 0 Å². The fourth-order valence-corrected chi connectivity index (χ4v) is 2.77. The van der Waals surface area contributed by atoms with E-state index in [9.17, 15) is 9.90 Å². The van der Waals surface area contributed by atoms with Crippen molar-refractivity contribution >= 4 is 17.5 Å². The van der Waals surface area contributed by atoms with Crippen LogP contribution in [0.3, 0.4) is 0 Å². The molecule has 1 aromatic carbocycles. The van der Waals surface area contributed by atoms with Gasteiger partial charge in [-0.15, -0.1) is 0 Å². The Morgan fingerprint density at radius 2 is 2.05 bits per heavy atom. The average molecular weight is 311 g/mol. The molecule has 1 saturated heterocycles. The van der Waals surface area contributed by atoms with Crippen LogP contribution < -0.4 is 0 Å². The normalized spacial score (nSPS) is 16.5. The molecule has 1 amide bonds. The van der Waals surface area contributed by atoms with E-state index in [-0.39, 0.29) is 12.0 Å². The summed E-state index contributed by atoms with van der Waals surface area (Å²) in [6, 6.07) is 7.81. The van der Waals surface area contributed by atoms with E-state index in [1.165, 1.54) is 0 Å². The van der Waals surface area contributed by atoms with Crippen molar-refractivity contribution in [1.29, 1.82) is 0 Å². The van der Waals surface area contributed by atoms with Crippen molar-refractivity contribution in [3.8, 4) is 0 Å². The van der Waals surface area contributed by atoms with Gasteiger partial charge in [0, 0.05) is 24.7 Å². The second-order valence-electron chi connectivity index (χ2n) is 5.69. The Hall–Kier alpha value is -1.10. The van der Waals surface area contributed by atoms with E-state index in [2.05, 4.69) is 0 Å². The van der Waals surface area contributed by atoms with Gasteiger partial charge in [-0.05, 0) is 37.9 Å². The number of halogens is 1. The first-order valence-electron chi connectivity index (χ1n) is 7.44. The van der Waals surface area contributed by atoms with Gasteiger partial charge < -0.3 is 10.0 Å². The summed E-state index contributed by atoms with van der Waals surface area (Å²) in [4.78, 5) is 16.0. The second kappa shape index (κ2) is 7.78. The molecule has 1 fully saturated rings. The number of aliphatic hydroxyl groups excluding tert-OH is 1. The zero-order valence-corrected chi connectivity index (χ0v) is 13.2. The van der Waals surface area contributed by atoms with Crippen LogP contribution in [-0.4, -0.2) is 60.1 Å². The van der Waals surface area contributed by atoms with Crippen LogP contribution in [0.25, 0.3) is 0 Å². The molecule has 1 aliphatic heterocycles. The monoisotopic (exact) mass is 310 g/mol. The van der Waals surface area contributed by atoms with E-state index < -0.39 is 0 Å². The van der Waals surface area contributed by atoms with E-state index in [0.29, 0.717) is 32.5 Å². The lowest BCUT2D eigenvalue weighted by Gasteiger charge is -2.31. The molecule has 0 saturated carbocycles. The highest BCUT2D eigenvalue weighted by Gasteiger charge is 2.21. The molecule has 0 unspecified atom stereocenters. The molecule has 0 aliphatic carbocycles. The molecule has 4 nitrogen and oxygen atoms in total. The third-order valence-corrected chi connectivity index (χ3v) is 4.31. The number of likely N-dealkylation sites (N-methyl/N-ethyl adjacent to an activating group) is 1. The van der Waals surface area contributed by atoms with Crippen LogP contribution in [0.4, 0.5) is 0 Å². The minimum absolute atomic E-state index is 0.142. The number of hydrogen-bond donors (Lipinski definition) is 1. The minimum Gasteiger partial charge on any atom is -0.393 e. The van der Waals surface area contributed by atoms with Gasteiger partial charge in [-0.3, -0.25) is 9.69 Å². The molecule has 0 bridgehead atoms. The smallest absolute Gasteiger partial charge is 0.236 e. The van der Waals surface area contributed by atoms with Crippen LogP contribution in [0.2, 0.25) is 5.02 Å². The largest absolute Gasteiger partial charge is 0.393 e. The van der Waals surface area contributed by atoms with E-state index in [0.717, 1.165) is 23.6 Å². The summed E-state index contributed by atoms with van der Waals surface area (Å²) in [6.45, 7) is 2.54. The summed E-state index contributed by atoms with van der Waals surface area (Å²) < 4.78 is 0. The Balaban J connectivity index is 1.75. The Bertz CT molecular complexity index is 473. The van der Waals surface area contributed by atoms with Crippen molar-refractivity contribution in [2.45, 2.75) is 25.4 Å².